The topological polar surface area (TPSA) is 120 Å². The number of nitrogens with zero attached hydrogens (tertiary/aromatic N) is 6. The Morgan fingerprint density at radius 1 is 1.36 bits per heavy atom. The minimum absolute atomic E-state index is 0.114. The van der Waals surface area contributed by atoms with E-state index in [4.69, 9.17) is 4.74 Å². The molecule has 0 saturated carbocycles. The van der Waals surface area contributed by atoms with Gasteiger partial charge in [0.2, 0.25) is 10.1 Å². The van der Waals surface area contributed by atoms with Gasteiger partial charge in [-0.1, -0.05) is 11.3 Å². The van der Waals surface area contributed by atoms with Crippen molar-refractivity contribution in [2.75, 3.05) is 12.5 Å². The maximum Gasteiger partial charge on any atom is 0.342 e. The Labute approximate surface area is 146 Å². The Morgan fingerprint density at radius 2 is 2.12 bits per heavy atom. The Hall–Kier alpha value is -3.34. The molecule has 1 aromatic carbocycles. The van der Waals surface area contributed by atoms with Crippen molar-refractivity contribution in [3.05, 3.63) is 46.1 Å². The van der Waals surface area contributed by atoms with Crippen LogP contribution in [0.2, 0.25) is 0 Å². The van der Waals surface area contributed by atoms with Crippen LogP contribution in [-0.4, -0.2) is 38.0 Å². The first-order valence-electron chi connectivity index (χ1n) is 7.01. The molecule has 11 heteroatoms. The summed E-state index contributed by atoms with van der Waals surface area (Å²) in [5.74, 6) is 1.02. The third-order valence-corrected chi connectivity index (χ3v) is 4.08. The predicted molar refractivity (Wildman–Crippen MR) is 93.0 cm³/mol. The number of anilines is 1. The lowest BCUT2D eigenvalue weighted by atomic mass is 10.2. The van der Waals surface area contributed by atoms with E-state index in [1.54, 1.807) is 20.4 Å². The predicted octanol–water partition coefficient (Wildman–Crippen LogP) is 2.30. The second-order valence-electron chi connectivity index (χ2n) is 4.81. The van der Waals surface area contributed by atoms with Crippen LogP contribution in [0.4, 0.5) is 10.9 Å². The number of benzene rings is 1. The zero-order chi connectivity index (χ0) is 17.8. The summed E-state index contributed by atoms with van der Waals surface area (Å²) in [5.41, 5.74) is 3.66. The summed E-state index contributed by atoms with van der Waals surface area (Å²) < 4.78 is 6.44. The van der Waals surface area contributed by atoms with Crippen LogP contribution in [0.5, 0.6) is 5.75 Å². The van der Waals surface area contributed by atoms with Crippen LogP contribution in [-0.2, 0) is 7.05 Å². The third-order valence-electron chi connectivity index (χ3n) is 3.26. The zero-order valence-corrected chi connectivity index (χ0v) is 14.1. The molecule has 128 valence electrons. The monoisotopic (exact) mass is 359 g/mol. The van der Waals surface area contributed by atoms with Gasteiger partial charge in [-0.2, -0.15) is 5.10 Å². The molecule has 0 unspecified atom stereocenters. The number of methoxy groups -OCH3 is 1. The molecule has 0 atom stereocenters. The van der Waals surface area contributed by atoms with Crippen LogP contribution >= 0.6 is 11.3 Å². The van der Waals surface area contributed by atoms with Crippen LogP contribution < -0.4 is 10.2 Å². The molecule has 3 rings (SSSR count). The van der Waals surface area contributed by atoms with E-state index < -0.39 is 4.92 Å². The van der Waals surface area contributed by atoms with Crippen molar-refractivity contribution in [2.24, 2.45) is 12.1 Å². The Kier molecular flexibility index (Phi) is 4.66. The Bertz CT molecular complexity index is 917. The van der Waals surface area contributed by atoms with Crippen LogP contribution in [0.25, 0.3) is 10.8 Å². The second kappa shape index (κ2) is 7.05. The van der Waals surface area contributed by atoms with Crippen LogP contribution in [0.1, 0.15) is 5.56 Å². The van der Waals surface area contributed by atoms with Crippen molar-refractivity contribution >= 4 is 28.5 Å². The highest BCUT2D eigenvalue weighted by atomic mass is 32.1. The fraction of sp³-hybridized carbons (Fsp3) is 0.143. The van der Waals surface area contributed by atoms with Gasteiger partial charge in [-0.15, -0.1) is 10.2 Å². The fourth-order valence-corrected chi connectivity index (χ4v) is 2.71. The van der Waals surface area contributed by atoms with E-state index in [2.05, 4.69) is 25.7 Å². The van der Waals surface area contributed by atoms with E-state index in [0.29, 0.717) is 16.0 Å². The van der Waals surface area contributed by atoms with E-state index in [0.717, 1.165) is 11.3 Å². The van der Waals surface area contributed by atoms with Gasteiger partial charge in [0.05, 0.1) is 20.4 Å². The number of imidazole rings is 1. The van der Waals surface area contributed by atoms with Crippen molar-refractivity contribution in [1.29, 1.82) is 0 Å². The average Bonchev–Trinajstić information content (AvgIpc) is 3.22. The molecule has 3 aromatic rings. The minimum atomic E-state index is -0.504. The molecular weight excluding hydrogens is 346 g/mol. The van der Waals surface area contributed by atoms with Crippen LogP contribution in [0, 0.1) is 10.1 Å². The molecule has 0 aliphatic carbocycles. The molecule has 0 amide bonds. The highest BCUT2D eigenvalue weighted by Gasteiger charge is 2.21. The van der Waals surface area contributed by atoms with Gasteiger partial charge in [0.25, 0.3) is 5.82 Å². The minimum Gasteiger partial charge on any atom is -0.497 e. The maximum atomic E-state index is 10.9. The van der Waals surface area contributed by atoms with Gasteiger partial charge in [0.1, 0.15) is 11.9 Å². The zero-order valence-electron chi connectivity index (χ0n) is 13.3. The van der Waals surface area contributed by atoms with E-state index in [-0.39, 0.29) is 5.82 Å². The molecule has 2 heterocycles. The number of aromatic nitrogens is 4. The lowest BCUT2D eigenvalue weighted by Crippen LogP contribution is -1.98. The molecule has 10 nitrogen and oxygen atoms in total. The summed E-state index contributed by atoms with van der Waals surface area (Å²) in [5, 5.41) is 23.8. The number of hydrogen-bond donors (Lipinski definition) is 1. The first-order valence-corrected chi connectivity index (χ1v) is 7.83. The number of rotatable bonds is 6. The highest BCUT2D eigenvalue weighted by Crippen LogP contribution is 2.27. The van der Waals surface area contributed by atoms with Gasteiger partial charge in [0, 0.05) is 0 Å². The van der Waals surface area contributed by atoms with Gasteiger partial charge in [-0.25, -0.2) is 9.55 Å². The van der Waals surface area contributed by atoms with Crippen molar-refractivity contribution in [1.82, 2.24) is 19.7 Å². The second-order valence-corrected chi connectivity index (χ2v) is 5.79. The van der Waals surface area contributed by atoms with Gasteiger partial charge in [-0.05, 0) is 34.8 Å². The average molecular weight is 359 g/mol. The number of nitrogens with one attached hydrogen (secondary N) is 1. The maximum absolute atomic E-state index is 10.9. The summed E-state index contributed by atoms with van der Waals surface area (Å²) in [7, 11) is 3.16. The van der Waals surface area contributed by atoms with E-state index in [9.17, 15) is 10.1 Å². The summed E-state index contributed by atoms with van der Waals surface area (Å²) in [6, 6.07) is 7.39. The van der Waals surface area contributed by atoms with Crippen LogP contribution in [0.3, 0.4) is 0 Å². The summed E-state index contributed by atoms with van der Waals surface area (Å²) in [6.45, 7) is 0. The van der Waals surface area contributed by atoms with E-state index in [1.807, 2.05) is 24.3 Å². The highest BCUT2D eigenvalue weighted by molar-refractivity contribution is 7.18. The number of hydrazone groups is 1. The van der Waals surface area contributed by atoms with Gasteiger partial charge in [0.15, 0.2) is 0 Å². The van der Waals surface area contributed by atoms with Crippen molar-refractivity contribution in [3.63, 3.8) is 0 Å². The summed E-state index contributed by atoms with van der Waals surface area (Å²) in [4.78, 5) is 14.4. The SMILES string of the molecule is COc1ccc(/C=N/Nc2nnc(-c3ncc([N+](=O)[O-])n3C)s2)cc1. The molecule has 0 saturated heterocycles. The van der Waals surface area contributed by atoms with Crippen molar-refractivity contribution in [3.8, 4) is 16.6 Å². The normalized spacial score (nSPS) is 11.0. The fourth-order valence-electron chi connectivity index (χ4n) is 1.98. The van der Waals surface area contributed by atoms with Crippen molar-refractivity contribution in [2.45, 2.75) is 0 Å². The lowest BCUT2D eigenvalue weighted by molar-refractivity contribution is -0.391. The molecule has 0 fully saturated rings. The Balaban J connectivity index is 1.69. The third kappa shape index (κ3) is 3.61. The number of hydrogen-bond acceptors (Lipinski definition) is 9. The smallest absolute Gasteiger partial charge is 0.342 e. The number of ether oxygens (including phenoxy) is 1. The molecule has 0 bridgehead atoms. The molecule has 0 radical (unpaired) electrons. The first-order chi connectivity index (χ1) is 12.1. The largest absolute Gasteiger partial charge is 0.497 e. The quantitative estimate of drug-likeness (QED) is 0.407. The molecule has 0 spiro atoms. The first kappa shape index (κ1) is 16.5. The van der Waals surface area contributed by atoms with E-state index in [1.165, 1.54) is 22.1 Å². The molecule has 0 aliphatic rings. The molecule has 25 heavy (non-hydrogen) atoms. The number of nitro groups is 1. The summed E-state index contributed by atoms with van der Waals surface area (Å²) >= 11 is 1.19. The standard InChI is InChI=1S/C14H13N7O3S/c1-20-11(21(22)23)8-15-12(20)13-17-19-14(25-13)18-16-7-9-3-5-10(24-2)6-4-9/h3-8H,1-2H3,(H,18,19)/b16-7+. The molecule has 0 aliphatic heterocycles. The lowest BCUT2D eigenvalue weighted by Gasteiger charge is -1.98. The van der Waals surface area contributed by atoms with Crippen molar-refractivity contribution < 1.29 is 9.66 Å². The van der Waals surface area contributed by atoms with Gasteiger partial charge >= 0.3 is 5.82 Å². The molecule has 1 N–H and O–H groups in total. The van der Waals surface area contributed by atoms with E-state index >= 15 is 0 Å². The van der Waals surface area contributed by atoms with Crippen LogP contribution in [0.15, 0.2) is 35.6 Å². The Morgan fingerprint density at radius 3 is 2.76 bits per heavy atom. The van der Waals surface area contributed by atoms with Gasteiger partial charge in [-0.3, -0.25) is 5.43 Å². The molecule has 2 aromatic heterocycles. The molecular formula is C14H13N7O3S. The van der Waals surface area contributed by atoms with Gasteiger partial charge < -0.3 is 14.9 Å². The summed E-state index contributed by atoms with van der Waals surface area (Å²) in [6.07, 6.45) is 2.82.